The molecule has 0 amide bonds. The first-order valence-electron chi connectivity index (χ1n) is 4.77. The largest absolute Gasteiger partial charge is 0.462 e. The maximum atomic E-state index is 11.4. The predicted octanol–water partition coefficient (Wildman–Crippen LogP) is 1.18. The Labute approximate surface area is 78.4 Å². The smallest absolute Gasteiger partial charge is 0.326 e. The molecule has 1 rings (SSSR count). The predicted molar refractivity (Wildman–Crippen MR) is 47.4 cm³/mol. The molecule has 1 N–H and O–H groups in total. The van der Waals surface area contributed by atoms with Crippen molar-refractivity contribution in [3.05, 3.63) is 0 Å². The number of ether oxygens (including phenoxy) is 1. The highest BCUT2D eigenvalue weighted by molar-refractivity contribution is 5.75. The number of carbonyl (C=O) groups excluding carboxylic acids is 1. The van der Waals surface area contributed by atoms with E-state index in [1.165, 1.54) is 0 Å². The van der Waals surface area contributed by atoms with Crippen LogP contribution in [0.5, 0.6) is 0 Å². The average Bonchev–Trinajstić information content (AvgIpc) is 2.03. The summed E-state index contributed by atoms with van der Waals surface area (Å²) in [5.41, 5.74) is 0. The van der Waals surface area contributed by atoms with Gasteiger partial charge in [0.1, 0.15) is 6.04 Å². The average molecular weight is 187 g/mol. The lowest BCUT2D eigenvalue weighted by Crippen LogP contribution is -2.43. The standard InChI is InChI=1S/C9H17NO3/c1-7(2)13-9(11)8-5-3-4-6-10(8)12/h7-8,12H,3-6H2,1-2H3. The molecule has 0 spiro atoms. The van der Waals surface area contributed by atoms with Crippen LogP contribution in [0.2, 0.25) is 0 Å². The van der Waals surface area contributed by atoms with Gasteiger partial charge in [-0.25, -0.2) is 0 Å². The van der Waals surface area contributed by atoms with Gasteiger partial charge in [0.05, 0.1) is 6.10 Å². The molecular formula is C9H17NO3. The molecule has 1 aliphatic heterocycles. The molecule has 1 fully saturated rings. The molecular weight excluding hydrogens is 170 g/mol. The summed E-state index contributed by atoms with van der Waals surface area (Å²) in [5, 5.41) is 10.5. The van der Waals surface area contributed by atoms with Crippen LogP contribution in [0.15, 0.2) is 0 Å². The Morgan fingerprint density at radius 3 is 2.77 bits per heavy atom. The number of rotatable bonds is 2. The van der Waals surface area contributed by atoms with Gasteiger partial charge in [-0.05, 0) is 33.1 Å². The zero-order valence-corrected chi connectivity index (χ0v) is 8.19. The monoisotopic (exact) mass is 187 g/mol. The van der Waals surface area contributed by atoms with E-state index in [1.807, 2.05) is 13.8 Å². The van der Waals surface area contributed by atoms with Gasteiger partial charge < -0.3 is 9.94 Å². The van der Waals surface area contributed by atoms with Crippen molar-refractivity contribution in [3.63, 3.8) is 0 Å². The fraction of sp³-hybridized carbons (Fsp3) is 0.889. The second-order valence-corrected chi connectivity index (χ2v) is 3.66. The molecule has 0 saturated carbocycles. The summed E-state index contributed by atoms with van der Waals surface area (Å²) in [7, 11) is 0. The maximum Gasteiger partial charge on any atom is 0.326 e. The molecule has 0 bridgehead atoms. The fourth-order valence-corrected chi connectivity index (χ4v) is 1.47. The van der Waals surface area contributed by atoms with Crippen molar-refractivity contribution in [2.75, 3.05) is 6.54 Å². The number of piperidine rings is 1. The van der Waals surface area contributed by atoms with Crippen molar-refractivity contribution >= 4 is 5.97 Å². The Kier molecular flexibility index (Phi) is 3.69. The number of hydrogen-bond donors (Lipinski definition) is 1. The minimum Gasteiger partial charge on any atom is -0.462 e. The number of carbonyl (C=O) groups is 1. The summed E-state index contributed by atoms with van der Waals surface area (Å²) in [4.78, 5) is 11.4. The van der Waals surface area contributed by atoms with Crippen molar-refractivity contribution in [2.45, 2.75) is 45.3 Å². The summed E-state index contributed by atoms with van der Waals surface area (Å²) in [6, 6.07) is -0.448. The number of nitrogens with zero attached hydrogens (tertiary/aromatic N) is 1. The number of hydroxylamine groups is 2. The van der Waals surface area contributed by atoms with Gasteiger partial charge in [0.2, 0.25) is 0 Å². The van der Waals surface area contributed by atoms with Crippen LogP contribution in [0, 0.1) is 0 Å². The van der Waals surface area contributed by atoms with Crippen molar-refractivity contribution in [1.82, 2.24) is 5.06 Å². The Morgan fingerprint density at radius 1 is 1.54 bits per heavy atom. The topological polar surface area (TPSA) is 49.8 Å². The van der Waals surface area contributed by atoms with Gasteiger partial charge in [-0.3, -0.25) is 4.79 Å². The third-order valence-electron chi connectivity index (χ3n) is 2.10. The van der Waals surface area contributed by atoms with E-state index < -0.39 is 6.04 Å². The summed E-state index contributed by atoms with van der Waals surface area (Å²) in [6.07, 6.45) is 2.52. The SMILES string of the molecule is CC(C)OC(=O)C1CCCCN1O. The third kappa shape index (κ3) is 2.97. The van der Waals surface area contributed by atoms with Crippen LogP contribution in [0.25, 0.3) is 0 Å². The molecule has 0 aromatic heterocycles. The lowest BCUT2D eigenvalue weighted by atomic mass is 10.0. The van der Waals surface area contributed by atoms with E-state index in [9.17, 15) is 10.0 Å². The Bertz CT molecular complexity index is 182. The van der Waals surface area contributed by atoms with Crippen molar-refractivity contribution < 1.29 is 14.7 Å². The quantitative estimate of drug-likeness (QED) is 0.659. The molecule has 0 aromatic rings. The van der Waals surface area contributed by atoms with Crippen LogP contribution in [-0.2, 0) is 9.53 Å². The zero-order chi connectivity index (χ0) is 9.84. The van der Waals surface area contributed by atoms with Crippen LogP contribution >= 0.6 is 0 Å². The Balaban J connectivity index is 2.44. The summed E-state index contributed by atoms with van der Waals surface area (Å²) in [5.74, 6) is -0.308. The molecule has 1 aliphatic rings. The van der Waals surface area contributed by atoms with Crippen LogP contribution < -0.4 is 0 Å². The molecule has 1 atom stereocenters. The lowest BCUT2D eigenvalue weighted by Gasteiger charge is -2.29. The van der Waals surface area contributed by atoms with E-state index in [-0.39, 0.29) is 12.1 Å². The maximum absolute atomic E-state index is 11.4. The molecule has 13 heavy (non-hydrogen) atoms. The third-order valence-corrected chi connectivity index (χ3v) is 2.10. The molecule has 0 aliphatic carbocycles. The second-order valence-electron chi connectivity index (χ2n) is 3.66. The van der Waals surface area contributed by atoms with Crippen LogP contribution in [0.4, 0.5) is 0 Å². The van der Waals surface area contributed by atoms with E-state index in [0.717, 1.165) is 17.9 Å². The van der Waals surface area contributed by atoms with Gasteiger partial charge in [0, 0.05) is 6.54 Å². The Hall–Kier alpha value is -0.610. The highest BCUT2D eigenvalue weighted by Gasteiger charge is 2.29. The minimum atomic E-state index is -0.448. The van der Waals surface area contributed by atoms with Crippen LogP contribution in [0.1, 0.15) is 33.1 Å². The van der Waals surface area contributed by atoms with E-state index in [1.54, 1.807) is 0 Å². The highest BCUT2D eigenvalue weighted by atomic mass is 16.6. The van der Waals surface area contributed by atoms with Gasteiger partial charge in [0.25, 0.3) is 0 Å². The molecule has 4 heteroatoms. The van der Waals surface area contributed by atoms with E-state index in [0.29, 0.717) is 13.0 Å². The van der Waals surface area contributed by atoms with E-state index in [2.05, 4.69) is 0 Å². The second kappa shape index (κ2) is 4.58. The number of esters is 1. The number of hydrogen-bond acceptors (Lipinski definition) is 4. The van der Waals surface area contributed by atoms with Crippen molar-refractivity contribution in [1.29, 1.82) is 0 Å². The molecule has 1 heterocycles. The summed E-state index contributed by atoms with van der Waals surface area (Å²) in [6.45, 7) is 4.18. The molecule has 4 nitrogen and oxygen atoms in total. The van der Waals surface area contributed by atoms with E-state index >= 15 is 0 Å². The molecule has 1 saturated heterocycles. The summed E-state index contributed by atoms with van der Waals surface area (Å²) >= 11 is 0. The lowest BCUT2D eigenvalue weighted by molar-refractivity contribution is -0.184. The van der Waals surface area contributed by atoms with Crippen LogP contribution in [0.3, 0.4) is 0 Å². The molecule has 76 valence electrons. The van der Waals surface area contributed by atoms with Crippen molar-refractivity contribution in [2.24, 2.45) is 0 Å². The van der Waals surface area contributed by atoms with Gasteiger partial charge in [-0.1, -0.05) is 0 Å². The Morgan fingerprint density at radius 2 is 2.23 bits per heavy atom. The molecule has 0 radical (unpaired) electrons. The highest BCUT2D eigenvalue weighted by Crippen LogP contribution is 2.16. The minimum absolute atomic E-state index is 0.108. The van der Waals surface area contributed by atoms with E-state index in [4.69, 9.17) is 4.74 Å². The summed E-state index contributed by atoms with van der Waals surface area (Å²) < 4.78 is 5.02. The zero-order valence-electron chi connectivity index (χ0n) is 8.19. The van der Waals surface area contributed by atoms with Gasteiger partial charge >= 0.3 is 5.97 Å². The normalized spacial score (nSPS) is 24.8. The fourth-order valence-electron chi connectivity index (χ4n) is 1.47. The van der Waals surface area contributed by atoms with Gasteiger partial charge in [0.15, 0.2) is 0 Å². The van der Waals surface area contributed by atoms with Gasteiger partial charge in [-0.2, -0.15) is 5.06 Å². The first kappa shape index (κ1) is 10.5. The first-order chi connectivity index (χ1) is 6.11. The van der Waals surface area contributed by atoms with Gasteiger partial charge in [-0.15, -0.1) is 0 Å². The molecule has 1 unspecified atom stereocenters. The first-order valence-corrected chi connectivity index (χ1v) is 4.77. The molecule has 0 aromatic carbocycles. The van der Waals surface area contributed by atoms with Crippen LogP contribution in [-0.4, -0.2) is 34.9 Å². The van der Waals surface area contributed by atoms with Crippen molar-refractivity contribution in [3.8, 4) is 0 Å².